The van der Waals surface area contributed by atoms with Gasteiger partial charge in [0.2, 0.25) is 0 Å². The standard InChI is InChI=1S/C27H18N4O3/c32-27(20-12-16-22(17-13-20)31(33)34)28-21-14-10-19(11-15-21)26-29-24-9-5-4-8-23(24)25(30-26)18-6-2-1-3-7-18/h1-17H,(H,28,32). The summed E-state index contributed by atoms with van der Waals surface area (Å²) in [5.41, 5.74) is 4.40. The number of carbonyl (C=O) groups excluding carboxylic acids is 1. The Labute approximate surface area is 194 Å². The fourth-order valence-corrected chi connectivity index (χ4v) is 3.66. The van der Waals surface area contributed by atoms with Gasteiger partial charge in [-0.2, -0.15) is 0 Å². The number of nitrogens with one attached hydrogen (secondary N) is 1. The highest BCUT2D eigenvalue weighted by molar-refractivity contribution is 6.04. The Morgan fingerprint density at radius 1 is 0.735 bits per heavy atom. The molecule has 0 aliphatic rings. The molecule has 1 N–H and O–H groups in total. The number of rotatable bonds is 5. The van der Waals surface area contributed by atoms with Crippen molar-refractivity contribution in [3.8, 4) is 22.6 Å². The molecule has 0 fully saturated rings. The highest BCUT2D eigenvalue weighted by atomic mass is 16.6. The quantitative estimate of drug-likeness (QED) is 0.259. The lowest BCUT2D eigenvalue weighted by atomic mass is 10.1. The lowest BCUT2D eigenvalue weighted by Crippen LogP contribution is -2.11. The molecule has 34 heavy (non-hydrogen) atoms. The lowest BCUT2D eigenvalue weighted by Gasteiger charge is -2.10. The average Bonchev–Trinajstić information content (AvgIpc) is 2.89. The Morgan fingerprint density at radius 2 is 1.41 bits per heavy atom. The lowest BCUT2D eigenvalue weighted by molar-refractivity contribution is -0.384. The van der Waals surface area contributed by atoms with E-state index in [2.05, 4.69) is 5.32 Å². The summed E-state index contributed by atoms with van der Waals surface area (Å²) in [4.78, 5) is 32.4. The molecule has 0 unspecified atom stereocenters. The van der Waals surface area contributed by atoms with E-state index in [0.29, 0.717) is 17.1 Å². The van der Waals surface area contributed by atoms with Crippen molar-refractivity contribution < 1.29 is 9.72 Å². The molecule has 164 valence electrons. The number of non-ortho nitro benzene ring substituents is 1. The number of hydrogen-bond acceptors (Lipinski definition) is 5. The molecule has 1 aromatic heterocycles. The number of amides is 1. The van der Waals surface area contributed by atoms with Crippen molar-refractivity contribution in [3.63, 3.8) is 0 Å². The molecule has 5 rings (SSSR count). The molecule has 0 aliphatic carbocycles. The molecule has 0 saturated heterocycles. The second kappa shape index (κ2) is 8.91. The van der Waals surface area contributed by atoms with E-state index < -0.39 is 4.92 Å². The van der Waals surface area contributed by atoms with Crippen molar-refractivity contribution in [1.82, 2.24) is 9.97 Å². The Balaban J connectivity index is 1.43. The van der Waals surface area contributed by atoms with Crippen LogP contribution in [-0.2, 0) is 0 Å². The van der Waals surface area contributed by atoms with Gasteiger partial charge in [-0.05, 0) is 42.5 Å². The number of para-hydroxylation sites is 1. The normalized spacial score (nSPS) is 10.7. The molecule has 7 nitrogen and oxygen atoms in total. The third-order valence-electron chi connectivity index (χ3n) is 5.39. The average molecular weight is 446 g/mol. The molecule has 0 radical (unpaired) electrons. The summed E-state index contributed by atoms with van der Waals surface area (Å²) in [7, 11) is 0. The van der Waals surface area contributed by atoms with E-state index in [1.165, 1.54) is 24.3 Å². The zero-order valence-corrected chi connectivity index (χ0v) is 17.9. The van der Waals surface area contributed by atoms with Crippen LogP contribution < -0.4 is 5.32 Å². The SMILES string of the molecule is O=C(Nc1ccc(-c2nc(-c3ccccc3)c3ccccc3n2)cc1)c1ccc([N+](=O)[O-])cc1. The van der Waals surface area contributed by atoms with Crippen LogP contribution in [-0.4, -0.2) is 20.8 Å². The van der Waals surface area contributed by atoms with Gasteiger partial charge in [-0.3, -0.25) is 14.9 Å². The fraction of sp³-hybridized carbons (Fsp3) is 0. The Kier molecular flexibility index (Phi) is 5.50. The second-order valence-corrected chi connectivity index (χ2v) is 7.61. The van der Waals surface area contributed by atoms with E-state index >= 15 is 0 Å². The van der Waals surface area contributed by atoms with Gasteiger partial charge in [0.1, 0.15) is 0 Å². The molecule has 4 aromatic carbocycles. The van der Waals surface area contributed by atoms with E-state index in [1.54, 1.807) is 12.1 Å². The summed E-state index contributed by atoms with van der Waals surface area (Å²) in [6.45, 7) is 0. The molecule has 0 aliphatic heterocycles. The van der Waals surface area contributed by atoms with Gasteiger partial charge in [0.25, 0.3) is 11.6 Å². The monoisotopic (exact) mass is 446 g/mol. The first-order chi connectivity index (χ1) is 16.6. The van der Waals surface area contributed by atoms with Gasteiger partial charge in [-0.1, -0.05) is 48.5 Å². The van der Waals surface area contributed by atoms with Crippen LogP contribution in [0.1, 0.15) is 10.4 Å². The molecular weight excluding hydrogens is 428 g/mol. The van der Waals surface area contributed by atoms with Gasteiger partial charge in [0.05, 0.1) is 16.1 Å². The van der Waals surface area contributed by atoms with Crippen molar-refractivity contribution in [1.29, 1.82) is 0 Å². The van der Waals surface area contributed by atoms with Gasteiger partial charge in [-0.25, -0.2) is 9.97 Å². The number of carbonyl (C=O) groups is 1. The van der Waals surface area contributed by atoms with Gasteiger partial charge in [0, 0.05) is 39.9 Å². The third-order valence-corrected chi connectivity index (χ3v) is 5.39. The Bertz CT molecular complexity index is 1500. The topological polar surface area (TPSA) is 98.0 Å². The van der Waals surface area contributed by atoms with Crippen LogP contribution in [0.25, 0.3) is 33.5 Å². The Hall–Kier alpha value is -4.91. The summed E-state index contributed by atoms with van der Waals surface area (Å²) < 4.78 is 0. The summed E-state index contributed by atoms with van der Waals surface area (Å²) in [5, 5.41) is 14.6. The molecule has 0 atom stereocenters. The van der Waals surface area contributed by atoms with Crippen LogP contribution in [0.15, 0.2) is 103 Å². The molecule has 1 amide bonds. The van der Waals surface area contributed by atoms with E-state index in [9.17, 15) is 14.9 Å². The minimum absolute atomic E-state index is 0.0637. The number of aromatic nitrogens is 2. The number of benzene rings is 4. The highest BCUT2D eigenvalue weighted by Gasteiger charge is 2.12. The maximum atomic E-state index is 12.5. The smallest absolute Gasteiger partial charge is 0.269 e. The number of nitro benzene ring substituents is 1. The minimum atomic E-state index is -0.502. The van der Waals surface area contributed by atoms with Crippen molar-refractivity contribution in [3.05, 3.63) is 119 Å². The van der Waals surface area contributed by atoms with Crippen LogP contribution >= 0.6 is 0 Å². The first-order valence-corrected chi connectivity index (χ1v) is 10.6. The van der Waals surface area contributed by atoms with E-state index in [1.807, 2.05) is 66.7 Å². The van der Waals surface area contributed by atoms with E-state index in [4.69, 9.17) is 9.97 Å². The number of anilines is 1. The summed E-state index contributed by atoms with van der Waals surface area (Å²) in [5.74, 6) is 0.238. The number of nitro groups is 1. The zero-order valence-electron chi connectivity index (χ0n) is 17.9. The highest BCUT2D eigenvalue weighted by Crippen LogP contribution is 2.29. The molecular formula is C27H18N4O3. The zero-order chi connectivity index (χ0) is 23.5. The largest absolute Gasteiger partial charge is 0.322 e. The van der Waals surface area contributed by atoms with Crippen LogP contribution in [0.4, 0.5) is 11.4 Å². The molecule has 5 aromatic rings. The predicted octanol–water partition coefficient (Wildman–Crippen LogP) is 6.12. The molecule has 1 heterocycles. The number of nitrogens with zero attached hydrogens (tertiary/aromatic N) is 3. The predicted molar refractivity (Wildman–Crippen MR) is 131 cm³/mol. The second-order valence-electron chi connectivity index (χ2n) is 7.61. The van der Waals surface area contributed by atoms with Gasteiger partial charge in [-0.15, -0.1) is 0 Å². The Morgan fingerprint density at radius 3 is 2.12 bits per heavy atom. The maximum absolute atomic E-state index is 12.5. The third kappa shape index (κ3) is 4.22. The molecule has 0 spiro atoms. The molecule has 0 bridgehead atoms. The number of fused-ring (bicyclic) bond motifs is 1. The van der Waals surface area contributed by atoms with E-state index in [0.717, 1.165) is 27.7 Å². The van der Waals surface area contributed by atoms with Crippen molar-refractivity contribution in [2.75, 3.05) is 5.32 Å². The van der Waals surface area contributed by atoms with Gasteiger partial charge >= 0.3 is 0 Å². The maximum Gasteiger partial charge on any atom is 0.269 e. The molecule has 7 heteroatoms. The van der Waals surface area contributed by atoms with Gasteiger partial charge < -0.3 is 5.32 Å². The summed E-state index contributed by atoms with van der Waals surface area (Å²) in [6, 6.07) is 30.6. The molecule has 0 saturated carbocycles. The summed E-state index contributed by atoms with van der Waals surface area (Å²) >= 11 is 0. The van der Waals surface area contributed by atoms with Crippen molar-refractivity contribution >= 4 is 28.2 Å². The van der Waals surface area contributed by atoms with Crippen LogP contribution in [0.5, 0.6) is 0 Å². The van der Waals surface area contributed by atoms with Crippen molar-refractivity contribution in [2.45, 2.75) is 0 Å². The fourth-order valence-electron chi connectivity index (χ4n) is 3.66. The first kappa shape index (κ1) is 21.0. The number of hydrogen-bond donors (Lipinski definition) is 1. The minimum Gasteiger partial charge on any atom is -0.322 e. The van der Waals surface area contributed by atoms with E-state index in [-0.39, 0.29) is 11.6 Å². The van der Waals surface area contributed by atoms with Crippen LogP contribution in [0.2, 0.25) is 0 Å². The first-order valence-electron chi connectivity index (χ1n) is 10.6. The van der Waals surface area contributed by atoms with Crippen molar-refractivity contribution in [2.24, 2.45) is 0 Å². The van der Waals surface area contributed by atoms with Crippen LogP contribution in [0, 0.1) is 10.1 Å². The summed E-state index contributed by atoms with van der Waals surface area (Å²) in [6.07, 6.45) is 0. The van der Waals surface area contributed by atoms with Crippen LogP contribution in [0.3, 0.4) is 0 Å². The van der Waals surface area contributed by atoms with Gasteiger partial charge in [0.15, 0.2) is 5.82 Å².